The fourth-order valence-electron chi connectivity index (χ4n) is 4.82. The summed E-state index contributed by atoms with van der Waals surface area (Å²) in [4.78, 5) is 24.7. The number of aliphatic carboxylic acids is 2. The lowest BCUT2D eigenvalue weighted by Gasteiger charge is -2.44. The molecule has 0 aliphatic heterocycles. The third-order valence-corrected chi connectivity index (χ3v) is 5.38. The van der Waals surface area contributed by atoms with E-state index in [2.05, 4.69) is 0 Å². The first-order chi connectivity index (χ1) is 11.3. The zero-order valence-corrected chi connectivity index (χ0v) is 17.0. The van der Waals surface area contributed by atoms with E-state index < -0.39 is 23.3 Å². The highest BCUT2D eigenvalue weighted by molar-refractivity contribution is 5.83. The molecule has 1 fully saturated rings. The Hall–Kier alpha value is -1.06. The fraction of sp³-hybridized carbons (Fsp3) is 0.905. The van der Waals surface area contributed by atoms with Gasteiger partial charge in [-0.3, -0.25) is 9.59 Å². The number of carbonyl (C=O) groups is 2. The average Bonchev–Trinajstić information content (AvgIpc) is 2.41. The van der Waals surface area contributed by atoms with Crippen LogP contribution in [0.1, 0.15) is 92.9 Å². The summed E-state index contributed by atoms with van der Waals surface area (Å²) in [7, 11) is 0. The standard InChI is InChI=1S/C21H38O4/c1-19(2,3)13-21(18(24)25,14-20(4,5)6)16(17(22)23)12-15-10-8-7-9-11-15/h15-16H,7-14H2,1-6H3,(H,22,23)(H,24,25). The number of carboxylic acids is 2. The van der Waals surface area contributed by atoms with Crippen LogP contribution >= 0.6 is 0 Å². The normalized spacial score (nSPS) is 18.8. The van der Waals surface area contributed by atoms with Gasteiger partial charge in [0.1, 0.15) is 0 Å². The average molecular weight is 355 g/mol. The lowest BCUT2D eigenvalue weighted by molar-refractivity contribution is -0.169. The molecule has 146 valence electrons. The number of hydrogen-bond acceptors (Lipinski definition) is 2. The van der Waals surface area contributed by atoms with Crippen molar-refractivity contribution >= 4 is 11.9 Å². The van der Waals surface area contributed by atoms with E-state index in [1.54, 1.807) is 0 Å². The summed E-state index contributed by atoms with van der Waals surface area (Å²) in [5, 5.41) is 20.3. The molecule has 25 heavy (non-hydrogen) atoms. The highest BCUT2D eigenvalue weighted by Crippen LogP contribution is 2.50. The molecule has 0 heterocycles. The molecular weight excluding hydrogens is 316 g/mol. The topological polar surface area (TPSA) is 74.6 Å². The van der Waals surface area contributed by atoms with Crippen molar-refractivity contribution in [2.24, 2.45) is 28.1 Å². The maximum atomic E-state index is 12.5. The zero-order valence-electron chi connectivity index (χ0n) is 17.0. The maximum absolute atomic E-state index is 12.5. The quantitative estimate of drug-likeness (QED) is 0.624. The van der Waals surface area contributed by atoms with Gasteiger partial charge in [0.25, 0.3) is 0 Å². The predicted molar refractivity (Wildman–Crippen MR) is 101 cm³/mol. The van der Waals surface area contributed by atoms with E-state index >= 15 is 0 Å². The van der Waals surface area contributed by atoms with Gasteiger partial charge in [-0.15, -0.1) is 0 Å². The van der Waals surface area contributed by atoms with Crippen molar-refractivity contribution in [2.45, 2.75) is 92.9 Å². The molecular formula is C21H38O4. The molecule has 0 aromatic rings. The smallest absolute Gasteiger partial charge is 0.310 e. The molecule has 0 spiro atoms. The van der Waals surface area contributed by atoms with Gasteiger partial charge >= 0.3 is 11.9 Å². The Labute approximate surface area is 153 Å². The largest absolute Gasteiger partial charge is 0.481 e. The SMILES string of the molecule is CC(C)(C)CC(CC(C)(C)C)(C(=O)O)C(CC1CCCCC1)C(=O)O. The van der Waals surface area contributed by atoms with Crippen molar-refractivity contribution in [1.29, 1.82) is 0 Å². The van der Waals surface area contributed by atoms with Gasteiger partial charge < -0.3 is 10.2 Å². The number of hydrogen-bond donors (Lipinski definition) is 2. The molecule has 1 atom stereocenters. The summed E-state index contributed by atoms with van der Waals surface area (Å²) >= 11 is 0. The Morgan fingerprint density at radius 2 is 1.32 bits per heavy atom. The second-order valence-corrected chi connectivity index (χ2v) is 10.6. The Morgan fingerprint density at radius 3 is 1.64 bits per heavy atom. The van der Waals surface area contributed by atoms with Crippen LogP contribution in [0.2, 0.25) is 0 Å². The van der Waals surface area contributed by atoms with E-state index in [1.807, 2.05) is 41.5 Å². The maximum Gasteiger partial charge on any atom is 0.310 e. The molecule has 0 bridgehead atoms. The van der Waals surface area contributed by atoms with Crippen LogP contribution in [-0.4, -0.2) is 22.2 Å². The van der Waals surface area contributed by atoms with Crippen LogP contribution in [0.15, 0.2) is 0 Å². The van der Waals surface area contributed by atoms with Gasteiger partial charge in [0.15, 0.2) is 0 Å². The Kier molecular flexibility index (Phi) is 7.12. The number of rotatable bonds is 7. The zero-order chi connectivity index (χ0) is 19.5. The Balaban J connectivity index is 3.30. The molecule has 2 N–H and O–H groups in total. The van der Waals surface area contributed by atoms with Gasteiger partial charge in [0.05, 0.1) is 11.3 Å². The molecule has 0 radical (unpaired) electrons. The molecule has 1 aliphatic carbocycles. The van der Waals surface area contributed by atoms with Crippen LogP contribution in [0.5, 0.6) is 0 Å². The van der Waals surface area contributed by atoms with Crippen molar-refractivity contribution in [3.63, 3.8) is 0 Å². The first kappa shape index (κ1) is 22.0. The highest BCUT2D eigenvalue weighted by atomic mass is 16.4. The van der Waals surface area contributed by atoms with Gasteiger partial charge in [0.2, 0.25) is 0 Å². The van der Waals surface area contributed by atoms with Gasteiger partial charge in [-0.05, 0) is 36.0 Å². The molecule has 0 amide bonds. The van der Waals surface area contributed by atoms with Crippen LogP contribution in [0.25, 0.3) is 0 Å². The van der Waals surface area contributed by atoms with Crippen LogP contribution in [0, 0.1) is 28.1 Å². The minimum atomic E-state index is -1.22. The van der Waals surface area contributed by atoms with E-state index in [0.29, 0.717) is 25.2 Å². The van der Waals surface area contributed by atoms with E-state index in [1.165, 1.54) is 6.42 Å². The van der Waals surface area contributed by atoms with Crippen molar-refractivity contribution in [3.05, 3.63) is 0 Å². The van der Waals surface area contributed by atoms with E-state index in [-0.39, 0.29) is 10.8 Å². The molecule has 4 nitrogen and oxygen atoms in total. The molecule has 0 saturated heterocycles. The molecule has 1 unspecified atom stereocenters. The van der Waals surface area contributed by atoms with Gasteiger partial charge in [-0.2, -0.15) is 0 Å². The lowest BCUT2D eigenvalue weighted by Crippen LogP contribution is -2.48. The van der Waals surface area contributed by atoms with E-state index in [4.69, 9.17) is 0 Å². The molecule has 1 aliphatic rings. The summed E-state index contributed by atoms with van der Waals surface area (Å²) in [5.41, 5.74) is -1.71. The van der Waals surface area contributed by atoms with Crippen LogP contribution < -0.4 is 0 Å². The summed E-state index contributed by atoms with van der Waals surface area (Å²) in [6, 6.07) is 0. The van der Waals surface area contributed by atoms with Crippen LogP contribution in [-0.2, 0) is 9.59 Å². The van der Waals surface area contributed by atoms with Crippen LogP contribution in [0.4, 0.5) is 0 Å². The van der Waals surface area contributed by atoms with E-state index in [9.17, 15) is 19.8 Å². The van der Waals surface area contributed by atoms with Crippen molar-refractivity contribution < 1.29 is 19.8 Å². The third kappa shape index (κ3) is 6.63. The van der Waals surface area contributed by atoms with Crippen LogP contribution in [0.3, 0.4) is 0 Å². The second kappa shape index (κ2) is 8.09. The Bertz CT molecular complexity index is 445. The number of carboxylic acid groups (broad SMARTS) is 2. The first-order valence-electron chi connectivity index (χ1n) is 9.73. The van der Waals surface area contributed by atoms with Crippen molar-refractivity contribution in [2.75, 3.05) is 0 Å². The minimum absolute atomic E-state index is 0.246. The van der Waals surface area contributed by atoms with Crippen molar-refractivity contribution in [1.82, 2.24) is 0 Å². The summed E-state index contributed by atoms with van der Waals surface area (Å²) in [6.45, 7) is 12.0. The first-order valence-corrected chi connectivity index (χ1v) is 9.73. The van der Waals surface area contributed by atoms with Gasteiger partial charge in [0, 0.05) is 0 Å². The molecule has 1 rings (SSSR count). The summed E-state index contributed by atoms with van der Waals surface area (Å²) in [5.74, 6) is -2.37. The lowest BCUT2D eigenvalue weighted by atomic mass is 9.58. The molecule has 4 heteroatoms. The molecule has 0 aromatic heterocycles. The monoisotopic (exact) mass is 354 g/mol. The summed E-state index contributed by atoms with van der Waals surface area (Å²) in [6.07, 6.45) is 6.81. The second-order valence-electron chi connectivity index (χ2n) is 10.6. The minimum Gasteiger partial charge on any atom is -0.481 e. The molecule has 1 saturated carbocycles. The third-order valence-electron chi connectivity index (χ3n) is 5.38. The Morgan fingerprint density at radius 1 is 0.880 bits per heavy atom. The molecule has 0 aromatic carbocycles. The van der Waals surface area contributed by atoms with Gasteiger partial charge in [-0.25, -0.2) is 0 Å². The van der Waals surface area contributed by atoms with Gasteiger partial charge in [-0.1, -0.05) is 73.6 Å². The van der Waals surface area contributed by atoms with E-state index in [0.717, 1.165) is 25.7 Å². The fourth-order valence-corrected chi connectivity index (χ4v) is 4.82. The summed E-state index contributed by atoms with van der Waals surface area (Å²) < 4.78 is 0. The predicted octanol–water partition coefficient (Wildman–Crippen LogP) is 5.60. The highest BCUT2D eigenvalue weighted by Gasteiger charge is 2.53. The van der Waals surface area contributed by atoms with Crippen molar-refractivity contribution in [3.8, 4) is 0 Å².